The van der Waals surface area contributed by atoms with E-state index in [1.165, 1.54) is 18.4 Å². The lowest BCUT2D eigenvalue weighted by Gasteiger charge is -2.19. The fourth-order valence-electron chi connectivity index (χ4n) is 3.59. The van der Waals surface area contributed by atoms with Crippen LogP contribution in [-0.2, 0) is 16.0 Å². The van der Waals surface area contributed by atoms with Crippen LogP contribution in [0.25, 0.3) is 0 Å². The molecule has 1 aliphatic heterocycles. The molecule has 2 N–H and O–H groups in total. The minimum Gasteiger partial charge on any atom is -0.488 e. The molecule has 1 aromatic rings. The SMILES string of the molecule is CCNC(=NCc1ccc(C)cc1OC1CCOC1)NCC1(CCOCC)CC1. The maximum absolute atomic E-state index is 6.21. The molecule has 6 heteroatoms. The van der Waals surface area contributed by atoms with Crippen molar-refractivity contribution in [2.45, 2.75) is 59.1 Å². The summed E-state index contributed by atoms with van der Waals surface area (Å²) < 4.78 is 17.2. The van der Waals surface area contributed by atoms with Gasteiger partial charge in [0, 0.05) is 38.3 Å². The van der Waals surface area contributed by atoms with Crippen molar-refractivity contribution in [3.8, 4) is 5.75 Å². The van der Waals surface area contributed by atoms with Crippen molar-refractivity contribution in [1.82, 2.24) is 10.6 Å². The smallest absolute Gasteiger partial charge is 0.191 e. The van der Waals surface area contributed by atoms with Crippen LogP contribution < -0.4 is 15.4 Å². The highest BCUT2D eigenvalue weighted by Gasteiger charge is 2.41. The Morgan fingerprint density at radius 1 is 1.28 bits per heavy atom. The van der Waals surface area contributed by atoms with Gasteiger partial charge in [-0.3, -0.25) is 0 Å². The Morgan fingerprint density at radius 3 is 2.83 bits per heavy atom. The predicted molar refractivity (Wildman–Crippen MR) is 117 cm³/mol. The van der Waals surface area contributed by atoms with Crippen LogP contribution in [-0.4, -0.2) is 51.6 Å². The first-order valence-corrected chi connectivity index (χ1v) is 11.1. The molecule has 0 aromatic heterocycles. The van der Waals surface area contributed by atoms with E-state index < -0.39 is 0 Å². The normalized spacial score (nSPS) is 20.5. The molecule has 162 valence electrons. The third-order valence-electron chi connectivity index (χ3n) is 5.72. The zero-order valence-corrected chi connectivity index (χ0v) is 18.3. The highest BCUT2D eigenvalue weighted by molar-refractivity contribution is 5.79. The van der Waals surface area contributed by atoms with Crippen LogP contribution in [0, 0.1) is 12.3 Å². The second kappa shape index (κ2) is 10.8. The molecule has 1 unspecified atom stereocenters. The zero-order valence-electron chi connectivity index (χ0n) is 18.3. The Kier molecular flexibility index (Phi) is 8.19. The Morgan fingerprint density at radius 2 is 2.14 bits per heavy atom. The number of aryl methyl sites for hydroxylation is 1. The standard InChI is InChI=1S/C23H37N3O3/c1-4-24-22(26-17-23(9-10-23)11-13-27-5-2)25-15-19-7-6-18(3)14-21(19)29-20-8-12-28-16-20/h6-7,14,20H,4-5,8-13,15-17H2,1-3H3,(H2,24,25,26). The molecular weight excluding hydrogens is 366 g/mol. The van der Waals surface area contributed by atoms with Gasteiger partial charge in [-0.05, 0) is 57.1 Å². The number of benzene rings is 1. The van der Waals surface area contributed by atoms with Gasteiger partial charge in [0.2, 0.25) is 0 Å². The van der Waals surface area contributed by atoms with Gasteiger partial charge < -0.3 is 24.8 Å². The maximum atomic E-state index is 6.21. The van der Waals surface area contributed by atoms with Crippen LogP contribution in [0.15, 0.2) is 23.2 Å². The summed E-state index contributed by atoms with van der Waals surface area (Å²) in [5.74, 6) is 1.79. The molecule has 3 rings (SSSR count). The summed E-state index contributed by atoms with van der Waals surface area (Å²) in [5, 5.41) is 6.92. The molecular formula is C23H37N3O3. The fourth-order valence-corrected chi connectivity index (χ4v) is 3.59. The minimum atomic E-state index is 0.144. The van der Waals surface area contributed by atoms with E-state index in [0.29, 0.717) is 18.6 Å². The van der Waals surface area contributed by atoms with E-state index in [1.54, 1.807) is 0 Å². The Balaban J connectivity index is 1.59. The average molecular weight is 404 g/mol. The van der Waals surface area contributed by atoms with Gasteiger partial charge in [0.05, 0.1) is 19.8 Å². The van der Waals surface area contributed by atoms with Crippen LogP contribution in [0.4, 0.5) is 0 Å². The van der Waals surface area contributed by atoms with Gasteiger partial charge in [0.15, 0.2) is 5.96 Å². The third kappa shape index (κ3) is 6.89. The molecule has 2 aliphatic rings. The van der Waals surface area contributed by atoms with Crippen molar-refractivity contribution in [2.75, 3.05) is 39.5 Å². The highest BCUT2D eigenvalue weighted by Crippen LogP contribution is 2.48. The number of hydrogen-bond acceptors (Lipinski definition) is 4. The molecule has 0 spiro atoms. The molecule has 29 heavy (non-hydrogen) atoms. The summed E-state index contributed by atoms with van der Waals surface area (Å²) in [6.07, 6.45) is 4.75. The van der Waals surface area contributed by atoms with Crippen LogP contribution in [0.2, 0.25) is 0 Å². The second-order valence-corrected chi connectivity index (χ2v) is 8.21. The number of nitrogens with zero attached hydrogens (tertiary/aromatic N) is 1. The molecule has 1 saturated carbocycles. The number of aliphatic imine (C=N–C) groups is 1. The number of rotatable bonds is 11. The van der Waals surface area contributed by atoms with Gasteiger partial charge in [-0.2, -0.15) is 0 Å². The first-order valence-electron chi connectivity index (χ1n) is 11.1. The molecule has 0 radical (unpaired) electrons. The molecule has 2 fully saturated rings. The Bertz CT molecular complexity index is 667. The Labute approximate surface area is 175 Å². The maximum Gasteiger partial charge on any atom is 0.191 e. The summed E-state index contributed by atoms with van der Waals surface area (Å²) in [5.41, 5.74) is 2.69. The zero-order chi connectivity index (χ0) is 20.5. The minimum absolute atomic E-state index is 0.144. The summed E-state index contributed by atoms with van der Waals surface area (Å²) in [6, 6.07) is 6.35. The molecule has 6 nitrogen and oxygen atoms in total. The largest absolute Gasteiger partial charge is 0.488 e. The fraction of sp³-hybridized carbons (Fsp3) is 0.696. The van der Waals surface area contributed by atoms with Crippen LogP contribution in [0.3, 0.4) is 0 Å². The van der Waals surface area contributed by atoms with E-state index >= 15 is 0 Å². The Hall–Kier alpha value is -1.79. The van der Waals surface area contributed by atoms with Gasteiger partial charge in [-0.15, -0.1) is 0 Å². The lowest BCUT2D eigenvalue weighted by atomic mass is 10.0. The van der Waals surface area contributed by atoms with Crippen molar-refractivity contribution >= 4 is 5.96 Å². The van der Waals surface area contributed by atoms with Gasteiger partial charge in [0.25, 0.3) is 0 Å². The van der Waals surface area contributed by atoms with Crippen molar-refractivity contribution in [3.05, 3.63) is 29.3 Å². The van der Waals surface area contributed by atoms with Crippen LogP contribution >= 0.6 is 0 Å². The predicted octanol–water partition coefficient (Wildman–Crippen LogP) is 3.42. The summed E-state index contributed by atoms with van der Waals surface area (Å²) in [4.78, 5) is 4.83. The lowest BCUT2D eigenvalue weighted by molar-refractivity contribution is 0.128. The van der Waals surface area contributed by atoms with Crippen LogP contribution in [0.5, 0.6) is 5.75 Å². The summed E-state index contributed by atoms with van der Waals surface area (Å²) >= 11 is 0. The van der Waals surface area contributed by atoms with E-state index in [1.807, 2.05) is 0 Å². The van der Waals surface area contributed by atoms with Gasteiger partial charge in [0.1, 0.15) is 11.9 Å². The van der Waals surface area contributed by atoms with E-state index in [0.717, 1.165) is 63.0 Å². The highest BCUT2D eigenvalue weighted by atomic mass is 16.5. The molecule has 1 saturated heterocycles. The quantitative estimate of drug-likeness (QED) is 0.337. The van der Waals surface area contributed by atoms with Gasteiger partial charge in [-0.1, -0.05) is 12.1 Å². The molecule has 0 amide bonds. The number of guanidine groups is 1. The van der Waals surface area contributed by atoms with E-state index in [2.05, 4.69) is 49.6 Å². The molecule has 1 atom stereocenters. The van der Waals surface area contributed by atoms with Gasteiger partial charge in [-0.25, -0.2) is 4.99 Å². The third-order valence-corrected chi connectivity index (χ3v) is 5.72. The molecule has 0 bridgehead atoms. The van der Waals surface area contributed by atoms with Gasteiger partial charge >= 0.3 is 0 Å². The second-order valence-electron chi connectivity index (χ2n) is 8.21. The summed E-state index contributed by atoms with van der Waals surface area (Å²) in [6.45, 7) is 11.7. The van der Waals surface area contributed by atoms with Crippen molar-refractivity contribution < 1.29 is 14.2 Å². The summed E-state index contributed by atoms with van der Waals surface area (Å²) in [7, 11) is 0. The van der Waals surface area contributed by atoms with Crippen molar-refractivity contribution in [1.29, 1.82) is 0 Å². The number of hydrogen-bond donors (Lipinski definition) is 2. The van der Waals surface area contributed by atoms with Crippen molar-refractivity contribution in [3.63, 3.8) is 0 Å². The molecule has 1 aromatic carbocycles. The number of nitrogens with one attached hydrogen (secondary N) is 2. The van der Waals surface area contributed by atoms with E-state index in [4.69, 9.17) is 19.2 Å². The van der Waals surface area contributed by atoms with E-state index in [9.17, 15) is 0 Å². The first kappa shape index (κ1) is 21.9. The van der Waals surface area contributed by atoms with Crippen LogP contribution in [0.1, 0.15) is 50.7 Å². The van der Waals surface area contributed by atoms with E-state index in [-0.39, 0.29) is 6.10 Å². The molecule has 1 aliphatic carbocycles. The monoisotopic (exact) mass is 403 g/mol. The molecule has 1 heterocycles. The first-order chi connectivity index (χ1) is 14.1. The number of ether oxygens (including phenoxy) is 3. The average Bonchev–Trinajstić information content (AvgIpc) is 3.29. The topological polar surface area (TPSA) is 64.1 Å². The van der Waals surface area contributed by atoms with Crippen molar-refractivity contribution in [2.24, 2.45) is 10.4 Å². The lowest BCUT2D eigenvalue weighted by Crippen LogP contribution is -2.40.